The Morgan fingerprint density at radius 1 is 1.33 bits per heavy atom. The van der Waals surface area contributed by atoms with Gasteiger partial charge in [-0.1, -0.05) is 18.2 Å². The second-order valence-corrected chi connectivity index (χ2v) is 5.21. The third-order valence-corrected chi connectivity index (χ3v) is 3.44. The maximum Gasteiger partial charge on any atom is 0.307 e. The lowest BCUT2D eigenvalue weighted by Gasteiger charge is -2.12. The zero-order valence-corrected chi connectivity index (χ0v) is 12.6. The average Bonchev–Trinajstić information content (AvgIpc) is 2.75. The van der Waals surface area contributed by atoms with Gasteiger partial charge < -0.3 is 14.6 Å². The number of aromatic nitrogens is 1. The Morgan fingerprint density at radius 2 is 2.05 bits per heavy atom. The van der Waals surface area contributed by atoms with E-state index >= 15 is 0 Å². The number of aryl methyl sites for hydroxylation is 1. The first kappa shape index (κ1) is 15.1. The lowest BCUT2D eigenvalue weighted by atomic mass is 10.1. The minimum absolute atomic E-state index is 0.0947. The number of nitrogens with zero attached hydrogens (tertiary/aromatic N) is 1. The lowest BCUT2D eigenvalue weighted by Crippen LogP contribution is -2.35. The van der Waals surface area contributed by atoms with Crippen LogP contribution in [0, 0.1) is 0 Å². The number of esters is 1. The van der Waals surface area contributed by atoms with Crippen LogP contribution in [0.25, 0.3) is 10.9 Å². The van der Waals surface area contributed by atoms with Gasteiger partial charge in [-0.15, -0.1) is 0 Å². The number of hydrogen-bond acceptors (Lipinski definition) is 3. The molecule has 0 aliphatic carbocycles. The Hall–Kier alpha value is -2.30. The fraction of sp³-hybridized carbons (Fsp3) is 0.375. The van der Waals surface area contributed by atoms with Crippen molar-refractivity contribution in [2.45, 2.75) is 25.8 Å². The molecule has 112 valence electrons. The van der Waals surface area contributed by atoms with Gasteiger partial charge in [-0.3, -0.25) is 9.59 Å². The summed E-state index contributed by atoms with van der Waals surface area (Å²) in [5.74, 6) is -0.421. The van der Waals surface area contributed by atoms with Crippen molar-refractivity contribution in [1.82, 2.24) is 9.88 Å². The van der Waals surface area contributed by atoms with E-state index in [1.54, 1.807) is 6.92 Å². The summed E-state index contributed by atoms with van der Waals surface area (Å²) in [7, 11) is 3.30. The standard InChI is InChI=1S/C16H20N2O3/c1-11(8-16(20)21-3)17-15(19)9-12-10-18(2)14-7-5-4-6-13(12)14/h4-7,10-11H,8-9H2,1-3H3,(H,17,19)/t11-/m1/s1. The number of rotatable bonds is 5. The average molecular weight is 288 g/mol. The number of hydrogen-bond donors (Lipinski definition) is 1. The highest BCUT2D eigenvalue weighted by Gasteiger charge is 2.14. The third-order valence-electron chi connectivity index (χ3n) is 3.44. The van der Waals surface area contributed by atoms with Crippen LogP contribution < -0.4 is 5.32 Å². The monoisotopic (exact) mass is 288 g/mol. The largest absolute Gasteiger partial charge is 0.469 e. The SMILES string of the molecule is COC(=O)C[C@@H](C)NC(=O)Cc1cn(C)c2ccccc12. The molecule has 0 aliphatic heterocycles. The van der Waals surface area contributed by atoms with Crippen LogP contribution in [0.1, 0.15) is 18.9 Å². The van der Waals surface area contributed by atoms with E-state index in [0.717, 1.165) is 16.5 Å². The molecular formula is C16H20N2O3. The highest BCUT2D eigenvalue weighted by Crippen LogP contribution is 2.20. The van der Waals surface area contributed by atoms with Gasteiger partial charge in [0.25, 0.3) is 0 Å². The molecule has 0 fully saturated rings. The molecule has 0 saturated heterocycles. The highest BCUT2D eigenvalue weighted by atomic mass is 16.5. The zero-order chi connectivity index (χ0) is 15.4. The van der Waals surface area contributed by atoms with Crippen molar-refractivity contribution >= 4 is 22.8 Å². The Balaban J connectivity index is 2.03. The molecule has 5 nitrogen and oxygen atoms in total. The summed E-state index contributed by atoms with van der Waals surface area (Å²) in [4.78, 5) is 23.2. The smallest absolute Gasteiger partial charge is 0.307 e. The van der Waals surface area contributed by atoms with E-state index in [0.29, 0.717) is 6.42 Å². The molecule has 0 bridgehead atoms. The number of ether oxygens (including phenoxy) is 1. The van der Waals surface area contributed by atoms with Crippen molar-refractivity contribution in [2.24, 2.45) is 7.05 Å². The van der Waals surface area contributed by atoms with Gasteiger partial charge in [0.05, 0.1) is 20.0 Å². The molecule has 1 atom stereocenters. The Labute approximate surface area is 123 Å². The van der Waals surface area contributed by atoms with Crippen molar-refractivity contribution in [3.05, 3.63) is 36.0 Å². The molecule has 1 heterocycles. The fourth-order valence-corrected chi connectivity index (χ4v) is 2.45. The van der Waals surface area contributed by atoms with Crippen molar-refractivity contribution in [2.75, 3.05) is 7.11 Å². The molecule has 1 aromatic carbocycles. The van der Waals surface area contributed by atoms with Crippen molar-refractivity contribution in [3.8, 4) is 0 Å². The Bertz CT molecular complexity index is 661. The van der Waals surface area contributed by atoms with E-state index in [-0.39, 0.29) is 24.3 Å². The van der Waals surface area contributed by atoms with Gasteiger partial charge in [-0.2, -0.15) is 0 Å². The van der Waals surface area contributed by atoms with Crippen molar-refractivity contribution < 1.29 is 14.3 Å². The van der Waals surface area contributed by atoms with Crippen LogP contribution in [0.15, 0.2) is 30.5 Å². The van der Waals surface area contributed by atoms with Crippen LogP contribution >= 0.6 is 0 Å². The molecular weight excluding hydrogens is 268 g/mol. The van der Waals surface area contributed by atoms with Crippen LogP contribution in [-0.4, -0.2) is 29.6 Å². The van der Waals surface area contributed by atoms with Crippen LogP contribution in [0.3, 0.4) is 0 Å². The predicted octanol–water partition coefficient (Wildman–Crippen LogP) is 1.79. The molecule has 0 saturated carbocycles. The van der Waals surface area contributed by atoms with Crippen LogP contribution in [0.4, 0.5) is 0 Å². The molecule has 0 spiro atoms. The molecule has 1 N–H and O–H groups in total. The molecule has 0 unspecified atom stereocenters. The molecule has 2 aromatic rings. The predicted molar refractivity (Wildman–Crippen MR) is 80.9 cm³/mol. The topological polar surface area (TPSA) is 60.3 Å². The molecule has 21 heavy (non-hydrogen) atoms. The number of amides is 1. The quantitative estimate of drug-likeness (QED) is 0.853. The van der Waals surface area contributed by atoms with E-state index in [1.165, 1.54) is 7.11 Å². The fourth-order valence-electron chi connectivity index (χ4n) is 2.45. The summed E-state index contributed by atoms with van der Waals surface area (Å²) in [5, 5.41) is 3.90. The zero-order valence-electron chi connectivity index (χ0n) is 12.6. The van der Waals surface area contributed by atoms with Crippen molar-refractivity contribution in [1.29, 1.82) is 0 Å². The summed E-state index contributed by atoms with van der Waals surface area (Å²) in [5.41, 5.74) is 2.08. The number of carbonyl (C=O) groups excluding carboxylic acids is 2. The summed E-state index contributed by atoms with van der Waals surface area (Å²) >= 11 is 0. The summed E-state index contributed by atoms with van der Waals surface area (Å²) < 4.78 is 6.60. The maximum absolute atomic E-state index is 12.1. The van der Waals surface area contributed by atoms with Gasteiger partial charge in [0.1, 0.15) is 0 Å². The normalized spacial score (nSPS) is 12.1. The van der Waals surface area contributed by atoms with Crippen molar-refractivity contribution in [3.63, 3.8) is 0 Å². The van der Waals surface area contributed by atoms with E-state index in [4.69, 9.17) is 0 Å². The van der Waals surface area contributed by atoms with Gasteiger partial charge in [-0.05, 0) is 18.6 Å². The molecule has 0 aliphatic rings. The molecule has 1 amide bonds. The Morgan fingerprint density at radius 3 is 2.76 bits per heavy atom. The van der Waals surface area contributed by atoms with Gasteiger partial charge in [0.2, 0.25) is 5.91 Å². The third kappa shape index (κ3) is 3.62. The number of methoxy groups -OCH3 is 1. The van der Waals surface area contributed by atoms with Crippen LogP contribution in [-0.2, 0) is 27.8 Å². The summed E-state index contributed by atoms with van der Waals surface area (Å²) in [6.07, 6.45) is 2.44. The first-order valence-electron chi connectivity index (χ1n) is 6.90. The number of para-hydroxylation sites is 1. The second-order valence-electron chi connectivity index (χ2n) is 5.21. The minimum Gasteiger partial charge on any atom is -0.469 e. The van der Waals surface area contributed by atoms with Gasteiger partial charge in [0, 0.05) is 30.2 Å². The van der Waals surface area contributed by atoms with Crippen LogP contribution in [0.5, 0.6) is 0 Å². The van der Waals surface area contributed by atoms with E-state index in [2.05, 4.69) is 10.1 Å². The highest BCUT2D eigenvalue weighted by molar-refractivity contribution is 5.89. The van der Waals surface area contributed by atoms with E-state index < -0.39 is 0 Å². The molecule has 2 rings (SSSR count). The summed E-state index contributed by atoms with van der Waals surface area (Å²) in [6.45, 7) is 1.79. The number of fused-ring (bicyclic) bond motifs is 1. The maximum atomic E-state index is 12.1. The van der Waals surface area contributed by atoms with E-state index in [9.17, 15) is 9.59 Å². The van der Waals surface area contributed by atoms with Gasteiger partial charge in [-0.25, -0.2) is 0 Å². The second kappa shape index (κ2) is 6.43. The number of benzene rings is 1. The number of carbonyl (C=O) groups is 2. The van der Waals surface area contributed by atoms with Crippen LogP contribution in [0.2, 0.25) is 0 Å². The number of nitrogens with one attached hydrogen (secondary N) is 1. The molecule has 5 heteroatoms. The molecule has 1 aromatic heterocycles. The Kier molecular flexibility index (Phi) is 4.62. The lowest BCUT2D eigenvalue weighted by molar-refractivity contribution is -0.141. The molecule has 0 radical (unpaired) electrons. The minimum atomic E-state index is -0.326. The van der Waals surface area contributed by atoms with E-state index in [1.807, 2.05) is 42.1 Å². The first-order chi connectivity index (χ1) is 10.0. The first-order valence-corrected chi connectivity index (χ1v) is 6.90. The summed E-state index contributed by atoms with van der Waals surface area (Å²) in [6, 6.07) is 7.74. The van der Waals surface area contributed by atoms with Gasteiger partial charge >= 0.3 is 5.97 Å². The van der Waals surface area contributed by atoms with Gasteiger partial charge in [0.15, 0.2) is 0 Å².